The van der Waals surface area contributed by atoms with Gasteiger partial charge in [-0.25, -0.2) is 0 Å². The lowest BCUT2D eigenvalue weighted by Crippen LogP contribution is -2.30. The number of hydrogen-bond donors (Lipinski definition) is 2. The van der Waals surface area contributed by atoms with Crippen molar-refractivity contribution in [3.63, 3.8) is 0 Å². The van der Waals surface area contributed by atoms with Gasteiger partial charge in [-0.2, -0.15) is 0 Å². The molecule has 0 bridgehead atoms. The molecule has 0 aliphatic carbocycles. The van der Waals surface area contributed by atoms with Crippen LogP contribution in [-0.2, 0) is 9.59 Å². The molecule has 6 heteroatoms. The summed E-state index contributed by atoms with van der Waals surface area (Å²) in [7, 11) is 1.50. The van der Waals surface area contributed by atoms with Gasteiger partial charge in [0, 0.05) is 6.08 Å². The van der Waals surface area contributed by atoms with Crippen molar-refractivity contribution in [2.45, 2.75) is 19.9 Å². The molecule has 0 saturated heterocycles. The second kappa shape index (κ2) is 10.2. The summed E-state index contributed by atoms with van der Waals surface area (Å²) in [5, 5.41) is 3.04. The molecule has 2 aromatic rings. The number of carbonyl (C=O) groups excluding carboxylic acids is 2. The summed E-state index contributed by atoms with van der Waals surface area (Å²) in [6, 6.07) is 15.0. The van der Waals surface area contributed by atoms with E-state index in [4.69, 9.17) is 15.2 Å². The minimum atomic E-state index is -0.569. The van der Waals surface area contributed by atoms with Crippen LogP contribution >= 0.6 is 0 Å². The second-order valence-corrected chi connectivity index (χ2v) is 6.64. The maximum Gasteiger partial charge on any atom is 0.255 e. The summed E-state index contributed by atoms with van der Waals surface area (Å²) in [6.07, 6.45) is 3.18. The van der Waals surface area contributed by atoms with Crippen LogP contribution in [0.3, 0.4) is 0 Å². The highest BCUT2D eigenvalue weighted by molar-refractivity contribution is 5.92. The van der Waals surface area contributed by atoms with E-state index in [0.29, 0.717) is 11.5 Å². The molecule has 0 aliphatic heterocycles. The van der Waals surface area contributed by atoms with Crippen molar-refractivity contribution in [3.8, 4) is 11.5 Å². The fourth-order valence-electron chi connectivity index (χ4n) is 2.72. The maximum absolute atomic E-state index is 12.4. The zero-order valence-electron chi connectivity index (χ0n) is 16.3. The molecular weight excluding hydrogens is 356 g/mol. The molecule has 0 fully saturated rings. The van der Waals surface area contributed by atoms with Crippen molar-refractivity contribution < 1.29 is 19.1 Å². The molecule has 0 heterocycles. The number of carbonyl (C=O) groups is 2. The van der Waals surface area contributed by atoms with Gasteiger partial charge in [-0.3, -0.25) is 9.59 Å². The second-order valence-electron chi connectivity index (χ2n) is 6.64. The van der Waals surface area contributed by atoms with Crippen LogP contribution in [0.25, 0.3) is 6.08 Å². The predicted octanol–water partition coefficient (Wildman–Crippen LogP) is 3.09. The van der Waals surface area contributed by atoms with Crippen molar-refractivity contribution in [2.24, 2.45) is 11.7 Å². The summed E-state index contributed by atoms with van der Waals surface area (Å²) in [4.78, 5) is 23.3. The molecule has 6 nitrogen and oxygen atoms in total. The van der Waals surface area contributed by atoms with E-state index in [-0.39, 0.29) is 24.5 Å². The van der Waals surface area contributed by atoms with Gasteiger partial charge in [0.05, 0.1) is 13.2 Å². The van der Waals surface area contributed by atoms with Gasteiger partial charge in [-0.15, -0.1) is 0 Å². The Labute approximate surface area is 165 Å². The van der Waals surface area contributed by atoms with Gasteiger partial charge in [0.1, 0.15) is 0 Å². The fourth-order valence-corrected chi connectivity index (χ4v) is 2.72. The van der Waals surface area contributed by atoms with Crippen LogP contribution < -0.4 is 20.5 Å². The number of hydrogen-bond acceptors (Lipinski definition) is 4. The Balaban J connectivity index is 2.07. The Bertz CT molecular complexity index is 832. The number of ether oxygens (including phenoxy) is 2. The minimum Gasteiger partial charge on any atom is -0.493 e. The Morgan fingerprint density at radius 3 is 2.43 bits per heavy atom. The summed E-state index contributed by atoms with van der Waals surface area (Å²) in [5.41, 5.74) is 6.91. The van der Waals surface area contributed by atoms with E-state index in [0.717, 1.165) is 11.1 Å². The molecule has 0 aromatic heterocycles. The molecule has 0 spiro atoms. The molecule has 1 unspecified atom stereocenters. The molecule has 1 atom stereocenters. The van der Waals surface area contributed by atoms with Gasteiger partial charge < -0.3 is 20.5 Å². The van der Waals surface area contributed by atoms with E-state index in [2.05, 4.69) is 19.2 Å². The standard InChI is InChI=1S/C22H26N2O4/c1-15(2)22(17-7-5-4-6-8-17)24-21(26)12-10-16-9-11-18(19(13-16)27-3)28-14-20(23)25/h4-13,15,22H,14H2,1-3H3,(H2,23,25)(H,24,26)/b12-10+. The van der Waals surface area contributed by atoms with Gasteiger partial charge in [0.25, 0.3) is 5.91 Å². The van der Waals surface area contributed by atoms with E-state index in [1.807, 2.05) is 30.3 Å². The third kappa shape index (κ3) is 6.16. The third-order valence-electron chi connectivity index (χ3n) is 4.11. The van der Waals surface area contributed by atoms with Crippen LogP contribution in [0.5, 0.6) is 11.5 Å². The molecule has 3 N–H and O–H groups in total. The Hall–Kier alpha value is -3.28. The molecule has 2 amide bonds. The third-order valence-corrected chi connectivity index (χ3v) is 4.11. The van der Waals surface area contributed by atoms with E-state index in [9.17, 15) is 9.59 Å². The molecular formula is C22H26N2O4. The van der Waals surface area contributed by atoms with Crippen molar-refractivity contribution in [1.82, 2.24) is 5.32 Å². The Kier molecular flexibility index (Phi) is 7.63. The van der Waals surface area contributed by atoms with Crippen molar-refractivity contribution >= 4 is 17.9 Å². The number of primary amides is 1. The molecule has 0 aliphatic rings. The number of rotatable bonds is 9. The van der Waals surface area contributed by atoms with Crippen LogP contribution in [-0.4, -0.2) is 25.5 Å². The summed E-state index contributed by atoms with van der Waals surface area (Å²) in [6.45, 7) is 3.90. The van der Waals surface area contributed by atoms with Crippen molar-refractivity contribution in [2.75, 3.05) is 13.7 Å². The first-order valence-corrected chi connectivity index (χ1v) is 9.03. The smallest absolute Gasteiger partial charge is 0.255 e. The maximum atomic E-state index is 12.4. The van der Waals surface area contributed by atoms with Gasteiger partial charge in [0.15, 0.2) is 18.1 Å². The molecule has 28 heavy (non-hydrogen) atoms. The molecule has 148 valence electrons. The normalized spacial score (nSPS) is 12.0. The zero-order valence-corrected chi connectivity index (χ0v) is 16.3. The van der Waals surface area contributed by atoms with E-state index in [1.165, 1.54) is 13.2 Å². The fraction of sp³-hybridized carbons (Fsp3) is 0.273. The molecule has 0 saturated carbocycles. The van der Waals surface area contributed by atoms with E-state index < -0.39 is 5.91 Å². The van der Waals surface area contributed by atoms with Crippen LogP contribution in [0.2, 0.25) is 0 Å². The highest BCUT2D eigenvalue weighted by atomic mass is 16.5. The topological polar surface area (TPSA) is 90.7 Å². The Morgan fingerprint density at radius 2 is 1.82 bits per heavy atom. The SMILES string of the molecule is COc1cc(/C=C/C(=O)NC(c2ccccc2)C(C)C)ccc1OCC(N)=O. The predicted molar refractivity (Wildman–Crippen MR) is 109 cm³/mol. The van der Waals surface area contributed by atoms with Gasteiger partial charge in [-0.1, -0.05) is 50.2 Å². The van der Waals surface area contributed by atoms with Crippen LogP contribution in [0.15, 0.2) is 54.6 Å². The van der Waals surface area contributed by atoms with Gasteiger partial charge >= 0.3 is 0 Å². The van der Waals surface area contributed by atoms with Gasteiger partial charge in [0.2, 0.25) is 5.91 Å². The van der Waals surface area contributed by atoms with E-state index in [1.54, 1.807) is 24.3 Å². The Morgan fingerprint density at radius 1 is 1.11 bits per heavy atom. The first-order valence-electron chi connectivity index (χ1n) is 9.03. The summed E-state index contributed by atoms with van der Waals surface area (Å²) < 4.78 is 10.6. The first-order chi connectivity index (χ1) is 13.4. The lowest BCUT2D eigenvalue weighted by atomic mass is 9.96. The summed E-state index contributed by atoms with van der Waals surface area (Å²) in [5.74, 6) is 0.359. The van der Waals surface area contributed by atoms with E-state index >= 15 is 0 Å². The van der Waals surface area contributed by atoms with Crippen LogP contribution in [0.1, 0.15) is 31.0 Å². The highest BCUT2D eigenvalue weighted by Crippen LogP contribution is 2.28. The van der Waals surface area contributed by atoms with Crippen molar-refractivity contribution in [1.29, 1.82) is 0 Å². The van der Waals surface area contributed by atoms with Gasteiger partial charge in [-0.05, 0) is 35.3 Å². The largest absolute Gasteiger partial charge is 0.493 e. The van der Waals surface area contributed by atoms with Crippen molar-refractivity contribution in [3.05, 3.63) is 65.7 Å². The first kappa shape index (κ1) is 21.0. The summed E-state index contributed by atoms with van der Waals surface area (Å²) >= 11 is 0. The lowest BCUT2D eigenvalue weighted by molar-refractivity contribution is -0.120. The number of methoxy groups -OCH3 is 1. The molecule has 2 aromatic carbocycles. The minimum absolute atomic E-state index is 0.0718. The van der Waals surface area contributed by atoms with Crippen LogP contribution in [0, 0.1) is 5.92 Å². The molecule has 0 radical (unpaired) electrons. The number of benzene rings is 2. The average molecular weight is 382 g/mol. The number of nitrogens with one attached hydrogen (secondary N) is 1. The number of amides is 2. The quantitative estimate of drug-likeness (QED) is 0.652. The zero-order chi connectivity index (χ0) is 20.5. The monoisotopic (exact) mass is 382 g/mol. The molecule has 2 rings (SSSR count). The highest BCUT2D eigenvalue weighted by Gasteiger charge is 2.16. The average Bonchev–Trinajstić information content (AvgIpc) is 2.69. The van der Waals surface area contributed by atoms with Crippen LogP contribution in [0.4, 0.5) is 0 Å². The number of nitrogens with two attached hydrogens (primary N) is 1. The lowest BCUT2D eigenvalue weighted by Gasteiger charge is -2.22.